The number of benzene rings is 1. The van der Waals surface area contributed by atoms with Crippen LogP contribution < -0.4 is 0 Å². The zero-order valence-corrected chi connectivity index (χ0v) is 10.2. The lowest BCUT2D eigenvalue weighted by Gasteiger charge is -2.13. The first-order chi connectivity index (χ1) is 7.94. The Morgan fingerprint density at radius 2 is 1.83 bits per heavy atom. The summed E-state index contributed by atoms with van der Waals surface area (Å²) in [6.07, 6.45) is -4.98. The van der Waals surface area contributed by atoms with Gasteiger partial charge >= 0.3 is 6.18 Å². The number of nitro groups is 1. The molecule has 18 heavy (non-hydrogen) atoms. The molecule has 0 N–H and O–H groups in total. The largest absolute Gasteiger partial charge is 0.417 e. The maximum Gasteiger partial charge on any atom is 0.417 e. The molecular formula is C8H5ClF3NO4S. The third-order valence-electron chi connectivity index (χ3n) is 2.04. The van der Waals surface area contributed by atoms with Crippen molar-refractivity contribution in [3.05, 3.63) is 33.4 Å². The van der Waals surface area contributed by atoms with E-state index in [0.29, 0.717) is 6.07 Å². The van der Waals surface area contributed by atoms with Gasteiger partial charge in [-0.2, -0.15) is 13.2 Å². The van der Waals surface area contributed by atoms with Crippen LogP contribution in [-0.2, 0) is 15.2 Å². The molecule has 0 radical (unpaired) electrons. The molecule has 0 aliphatic rings. The first-order valence-corrected chi connectivity index (χ1v) is 6.56. The Balaban J connectivity index is 3.78. The maximum atomic E-state index is 12.7. The van der Waals surface area contributed by atoms with Crippen molar-refractivity contribution in [3.63, 3.8) is 0 Å². The summed E-state index contributed by atoms with van der Waals surface area (Å²) in [5.41, 5.74) is -2.86. The molecule has 0 aliphatic carbocycles. The lowest BCUT2D eigenvalue weighted by atomic mass is 10.1. The van der Waals surface area contributed by atoms with Crippen molar-refractivity contribution in [2.24, 2.45) is 0 Å². The van der Waals surface area contributed by atoms with Crippen LogP contribution in [0.15, 0.2) is 17.0 Å². The predicted octanol–water partition coefficient (Wildman–Crippen LogP) is 2.85. The smallest absolute Gasteiger partial charge is 0.258 e. The van der Waals surface area contributed by atoms with Crippen LogP contribution in [-0.4, -0.2) is 13.3 Å². The summed E-state index contributed by atoms with van der Waals surface area (Å²) in [5, 5.41) is 10.5. The zero-order valence-electron chi connectivity index (χ0n) is 8.66. The minimum atomic E-state index is -4.98. The minimum Gasteiger partial charge on any atom is -0.258 e. The topological polar surface area (TPSA) is 77.3 Å². The number of hydrogen-bond donors (Lipinski definition) is 0. The summed E-state index contributed by atoms with van der Waals surface area (Å²) in [4.78, 5) is 8.16. The molecule has 0 aromatic heterocycles. The molecule has 0 unspecified atom stereocenters. The Bertz CT molecular complexity index is 612. The highest BCUT2D eigenvalue weighted by molar-refractivity contribution is 8.13. The van der Waals surface area contributed by atoms with Crippen molar-refractivity contribution in [2.75, 3.05) is 0 Å². The van der Waals surface area contributed by atoms with E-state index >= 15 is 0 Å². The summed E-state index contributed by atoms with van der Waals surface area (Å²) < 4.78 is 60.2. The van der Waals surface area contributed by atoms with Crippen LogP contribution in [0.4, 0.5) is 18.9 Å². The Kier molecular flexibility index (Phi) is 3.59. The van der Waals surface area contributed by atoms with Gasteiger partial charge in [0, 0.05) is 22.8 Å². The third kappa shape index (κ3) is 2.91. The number of hydrogen-bond acceptors (Lipinski definition) is 4. The van der Waals surface area contributed by atoms with Crippen molar-refractivity contribution in [2.45, 2.75) is 18.0 Å². The molecule has 0 saturated carbocycles. The second kappa shape index (κ2) is 4.39. The van der Waals surface area contributed by atoms with Crippen LogP contribution in [0.1, 0.15) is 11.1 Å². The second-order valence-electron chi connectivity index (χ2n) is 3.33. The summed E-state index contributed by atoms with van der Waals surface area (Å²) in [6.45, 7) is 0.918. The molecule has 1 aromatic rings. The fourth-order valence-corrected chi connectivity index (χ4v) is 2.54. The van der Waals surface area contributed by atoms with Gasteiger partial charge in [-0.1, -0.05) is 0 Å². The van der Waals surface area contributed by atoms with Gasteiger partial charge in [0.25, 0.3) is 14.7 Å². The molecule has 1 aromatic carbocycles. The monoisotopic (exact) mass is 303 g/mol. The van der Waals surface area contributed by atoms with E-state index in [2.05, 4.69) is 0 Å². The summed E-state index contributed by atoms with van der Waals surface area (Å²) >= 11 is 0. The SMILES string of the molecule is Cc1cc([N+](=O)[O-])cc(S(=O)(=O)Cl)c1C(F)(F)F. The van der Waals surface area contributed by atoms with E-state index in [1.54, 1.807) is 0 Å². The number of rotatable bonds is 2. The number of halogens is 4. The van der Waals surface area contributed by atoms with Gasteiger partial charge in [0.15, 0.2) is 0 Å². The van der Waals surface area contributed by atoms with Gasteiger partial charge in [0.1, 0.15) is 4.90 Å². The Morgan fingerprint density at radius 1 is 1.33 bits per heavy atom. The lowest BCUT2D eigenvalue weighted by Crippen LogP contribution is -2.13. The average molecular weight is 304 g/mol. The van der Waals surface area contributed by atoms with Crippen LogP contribution in [0.2, 0.25) is 0 Å². The van der Waals surface area contributed by atoms with Gasteiger partial charge in [-0.05, 0) is 12.5 Å². The van der Waals surface area contributed by atoms with E-state index in [4.69, 9.17) is 10.7 Å². The number of non-ortho nitro benzene ring substituents is 1. The molecular weight excluding hydrogens is 299 g/mol. The molecule has 100 valence electrons. The predicted molar refractivity (Wildman–Crippen MR) is 55.9 cm³/mol. The van der Waals surface area contributed by atoms with Crippen molar-refractivity contribution in [1.82, 2.24) is 0 Å². The Labute approximate surface area is 104 Å². The van der Waals surface area contributed by atoms with Crippen LogP contribution >= 0.6 is 10.7 Å². The lowest BCUT2D eigenvalue weighted by molar-refractivity contribution is -0.385. The standard InChI is InChI=1S/C8H5ClF3NO4S/c1-4-2-5(13(14)15)3-6(18(9,16)17)7(4)8(10,11)12/h2-3H,1H3. The number of nitrogens with zero attached hydrogens (tertiary/aromatic N) is 1. The van der Waals surface area contributed by atoms with Gasteiger partial charge in [0.2, 0.25) is 0 Å². The number of nitro benzene ring substituents is 1. The molecule has 0 atom stereocenters. The molecule has 0 spiro atoms. The van der Waals surface area contributed by atoms with Gasteiger partial charge in [-0.3, -0.25) is 10.1 Å². The molecule has 1 rings (SSSR count). The van der Waals surface area contributed by atoms with E-state index in [0.717, 1.165) is 6.92 Å². The van der Waals surface area contributed by atoms with E-state index in [9.17, 15) is 31.7 Å². The van der Waals surface area contributed by atoms with E-state index in [1.807, 2.05) is 0 Å². The fourth-order valence-electron chi connectivity index (χ4n) is 1.40. The zero-order chi connectivity index (χ0) is 14.3. The van der Waals surface area contributed by atoms with Crippen molar-refractivity contribution in [1.29, 1.82) is 0 Å². The van der Waals surface area contributed by atoms with Gasteiger partial charge < -0.3 is 0 Å². The Morgan fingerprint density at radius 3 is 2.17 bits per heavy atom. The van der Waals surface area contributed by atoms with Crippen LogP contribution in [0.3, 0.4) is 0 Å². The van der Waals surface area contributed by atoms with Crippen LogP contribution in [0.5, 0.6) is 0 Å². The van der Waals surface area contributed by atoms with Gasteiger partial charge in [0.05, 0.1) is 10.5 Å². The van der Waals surface area contributed by atoms with E-state index in [-0.39, 0.29) is 6.07 Å². The molecule has 10 heteroatoms. The molecule has 0 bridgehead atoms. The third-order valence-corrected chi connectivity index (χ3v) is 3.39. The van der Waals surface area contributed by atoms with Crippen molar-refractivity contribution < 1.29 is 26.5 Å². The van der Waals surface area contributed by atoms with E-state index in [1.165, 1.54) is 0 Å². The highest BCUT2D eigenvalue weighted by atomic mass is 35.7. The first kappa shape index (κ1) is 14.7. The second-order valence-corrected chi connectivity index (χ2v) is 5.86. The molecule has 0 saturated heterocycles. The molecule has 0 aliphatic heterocycles. The van der Waals surface area contributed by atoms with Crippen LogP contribution in [0.25, 0.3) is 0 Å². The quantitative estimate of drug-likeness (QED) is 0.478. The van der Waals surface area contributed by atoms with E-state index < -0.39 is 41.9 Å². The van der Waals surface area contributed by atoms with Crippen LogP contribution in [0, 0.1) is 17.0 Å². The number of alkyl halides is 3. The molecule has 0 amide bonds. The summed E-state index contributed by atoms with van der Waals surface area (Å²) in [7, 11) is 0.121. The molecule has 5 nitrogen and oxygen atoms in total. The minimum absolute atomic E-state index is 0.290. The Hall–Kier alpha value is -1.35. The highest BCUT2D eigenvalue weighted by Crippen LogP contribution is 2.39. The van der Waals surface area contributed by atoms with Crippen molar-refractivity contribution in [3.8, 4) is 0 Å². The van der Waals surface area contributed by atoms with Gasteiger partial charge in [-0.15, -0.1) is 0 Å². The normalized spacial score (nSPS) is 12.5. The summed E-state index contributed by atoms with van der Waals surface area (Å²) in [6, 6.07) is 0.923. The average Bonchev–Trinajstić information content (AvgIpc) is 2.12. The number of aryl methyl sites for hydroxylation is 1. The first-order valence-electron chi connectivity index (χ1n) is 4.25. The molecule has 0 heterocycles. The van der Waals surface area contributed by atoms with Crippen molar-refractivity contribution >= 4 is 25.4 Å². The highest BCUT2D eigenvalue weighted by Gasteiger charge is 2.39. The molecule has 0 fully saturated rings. The van der Waals surface area contributed by atoms with Gasteiger partial charge in [-0.25, -0.2) is 8.42 Å². The maximum absolute atomic E-state index is 12.7. The summed E-state index contributed by atoms with van der Waals surface area (Å²) in [5.74, 6) is 0. The fraction of sp³-hybridized carbons (Fsp3) is 0.250.